The molecule has 1 aliphatic heterocycles. The summed E-state index contributed by atoms with van der Waals surface area (Å²) in [6, 6.07) is 16.3. The Morgan fingerprint density at radius 2 is 1.94 bits per heavy atom. The standard InChI is InChI=1S/C27H25N7O/c28-14-19(13-17-10-11-17)27(35)33-12-4-7-20(15-33)34-26-23(25(29)30-16-31-26)24(32-34)22-9-3-6-18-5-1-2-8-21(18)22/h1-3,5-6,8-9,13,16-17,20H,4,7,10-12,15H2,(H2,29,30,31). The number of anilines is 1. The second kappa shape index (κ2) is 8.51. The predicted molar refractivity (Wildman–Crippen MR) is 134 cm³/mol. The van der Waals surface area contributed by atoms with Gasteiger partial charge in [-0.3, -0.25) is 4.79 Å². The van der Waals surface area contributed by atoms with E-state index in [-0.39, 0.29) is 17.5 Å². The highest BCUT2D eigenvalue weighted by atomic mass is 16.2. The van der Waals surface area contributed by atoms with Crippen molar-refractivity contribution in [2.75, 3.05) is 18.8 Å². The van der Waals surface area contributed by atoms with Gasteiger partial charge >= 0.3 is 0 Å². The van der Waals surface area contributed by atoms with Crippen molar-refractivity contribution >= 4 is 33.5 Å². The van der Waals surface area contributed by atoms with Crippen molar-refractivity contribution in [1.29, 1.82) is 5.26 Å². The van der Waals surface area contributed by atoms with Crippen molar-refractivity contribution in [2.45, 2.75) is 31.7 Å². The van der Waals surface area contributed by atoms with E-state index in [0.717, 1.165) is 53.1 Å². The lowest BCUT2D eigenvalue weighted by Crippen LogP contribution is -2.41. The molecule has 1 atom stereocenters. The average molecular weight is 464 g/mol. The van der Waals surface area contributed by atoms with Crippen molar-refractivity contribution in [3.05, 3.63) is 60.4 Å². The van der Waals surface area contributed by atoms with Crippen LogP contribution in [0.2, 0.25) is 0 Å². The second-order valence-electron chi connectivity index (χ2n) is 9.35. The van der Waals surface area contributed by atoms with Crippen LogP contribution < -0.4 is 5.73 Å². The van der Waals surface area contributed by atoms with Crippen LogP contribution in [-0.4, -0.2) is 43.6 Å². The minimum absolute atomic E-state index is 0.0749. The second-order valence-corrected chi connectivity index (χ2v) is 9.35. The van der Waals surface area contributed by atoms with Crippen LogP contribution in [0.15, 0.2) is 60.4 Å². The molecule has 2 aromatic heterocycles. The zero-order valence-corrected chi connectivity index (χ0v) is 19.3. The van der Waals surface area contributed by atoms with Crippen molar-refractivity contribution in [1.82, 2.24) is 24.6 Å². The number of amides is 1. The Morgan fingerprint density at radius 1 is 1.11 bits per heavy atom. The van der Waals surface area contributed by atoms with E-state index in [2.05, 4.69) is 34.2 Å². The summed E-state index contributed by atoms with van der Waals surface area (Å²) in [4.78, 5) is 23.7. The molecule has 0 spiro atoms. The molecule has 0 radical (unpaired) electrons. The summed E-state index contributed by atoms with van der Waals surface area (Å²) >= 11 is 0. The maximum Gasteiger partial charge on any atom is 0.264 e. The first-order valence-corrected chi connectivity index (χ1v) is 12.0. The Hall–Kier alpha value is -4.25. The molecule has 1 saturated carbocycles. The molecule has 4 aromatic rings. The topological polar surface area (TPSA) is 114 Å². The van der Waals surface area contributed by atoms with Gasteiger partial charge in [0, 0.05) is 18.7 Å². The molecule has 1 unspecified atom stereocenters. The number of hydrogen-bond acceptors (Lipinski definition) is 6. The lowest BCUT2D eigenvalue weighted by atomic mass is 10.0. The number of nitriles is 1. The van der Waals surface area contributed by atoms with Gasteiger partial charge in [0.05, 0.1) is 11.4 Å². The predicted octanol–water partition coefficient (Wildman–Crippen LogP) is 4.25. The molecule has 1 aliphatic carbocycles. The van der Waals surface area contributed by atoms with E-state index in [1.165, 1.54) is 6.33 Å². The molecule has 1 saturated heterocycles. The monoisotopic (exact) mass is 463 g/mol. The molecular weight excluding hydrogens is 438 g/mol. The molecule has 8 heteroatoms. The van der Waals surface area contributed by atoms with Gasteiger partial charge in [-0.15, -0.1) is 0 Å². The highest BCUT2D eigenvalue weighted by Crippen LogP contribution is 2.37. The minimum Gasteiger partial charge on any atom is -0.383 e. The van der Waals surface area contributed by atoms with Gasteiger partial charge in [0.15, 0.2) is 5.65 Å². The normalized spacial score (nSPS) is 18.7. The van der Waals surface area contributed by atoms with Gasteiger partial charge in [-0.1, -0.05) is 48.5 Å². The number of carbonyl (C=O) groups is 1. The summed E-state index contributed by atoms with van der Waals surface area (Å²) in [7, 11) is 0. The van der Waals surface area contributed by atoms with Gasteiger partial charge in [0.1, 0.15) is 29.5 Å². The first-order valence-electron chi connectivity index (χ1n) is 12.0. The molecule has 3 heterocycles. The van der Waals surface area contributed by atoms with Gasteiger partial charge in [-0.05, 0) is 42.4 Å². The fraction of sp³-hybridized carbons (Fsp3) is 0.296. The Balaban J connectivity index is 1.42. The Bertz CT molecular complexity index is 1520. The average Bonchev–Trinajstić information content (AvgIpc) is 3.64. The van der Waals surface area contributed by atoms with Crippen LogP contribution in [0.3, 0.4) is 0 Å². The largest absolute Gasteiger partial charge is 0.383 e. The summed E-state index contributed by atoms with van der Waals surface area (Å²) in [5.74, 6) is 0.559. The Kier molecular flexibility index (Phi) is 5.18. The zero-order valence-electron chi connectivity index (χ0n) is 19.3. The van der Waals surface area contributed by atoms with Gasteiger partial charge < -0.3 is 10.6 Å². The molecule has 0 bridgehead atoms. The first-order chi connectivity index (χ1) is 17.1. The number of nitrogens with zero attached hydrogens (tertiary/aromatic N) is 6. The fourth-order valence-corrected chi connectivity index (χ4v) is 5.03. The molecule has 2 N–H and O–H groups in total. The van der Waals surface area contributed by atoms with E-state index < -0.39 is 0 Å². The number of nitrogen functional groups attached to an aromatic ring is 1. The molecular formula is C27H25N7O. The number of aromatic nitrogens is 4. The van der Waals surface area contributed by atoms with Gasteiger partial charge in [-0.2, -0.15) is 10.4 Å². The third kappa shape index (κ3) is 3.79. The maximum absolute atomic E-state index is 13.1. The van der Waals surface area contributed by atoms with Gasteiger partial charge in [-0.25, -0.2) is 14.6 Å². The van der Waals surface area contributed by atoms with Gasteiger partial charge in [0.2, 0.25) is 0 Å². The van der Waals surface area contributed by atoms with Crippen LogP contribution in [0.25, 0.3) is 33.1 Å². The van der Waals surface area contributed by atoms with E-state index in [9.17, 15) is 10.1 Å². The molecule has 2 aliphatic rings. The van der Waals surface area contributed by atoms with Crippen molar-refractivity contribution in [3.63, 3.8) is 0 Å². The first kappa shape index (κ1) is 21.3. The van der Waals surface area contributed by atoms with Crippen molar-refractivity contribution < 1.29 is 4.79 Å². The third-order valence-corrected chi connectivity index (χ3v) is 6.97. The SMILES string of the molecule is N#CC(=CC1CC1)C(=O)N1CCCC(n2nc(-c3cccc4ccccc34)c3c(N)ncnc32)C1. The molecule has 2 aromatic carbocycles. The number of likely N-dealkylation sites (tertiary alicyclic amines) is 1. The summed E-state index contributed by atoms with van der Waals surface area (Å²) in [5.41, 5.74) is 8.98. The van der Waals surface area contributed by atoms with E-state index in [1.807, 2.05) is 35.0 Å². The number of allylic oxidation sites excluding steroid dienone is 1. The highest BCUT2D eigenvalue weighted by Gasteiger charge is 2.31. The molecule has 2 fully saturated rings. The lowest BCUT2D eigenvalue weighted by Gasteiger charge is -2.32. The molecule has 8 nitrogen and oxygen atoms in total. The van der Waals surface area contributed by atoms with Crippen molar-refractivity contribution in [3.8, 4) is 17.3 Å². The van der Waals surface area contributed by atoms with Crippen molar-refractivity contribution in [2.24, 2.45) is 5.92 Å². The number of rotatable bonds is 4. The van der Waals surface area contributed by atoms with E-state index in [0.29, 0.717) is 30.5 Å². The summed E-state index contributed by atoms with van der Waals surface area (Å²) in [6.07, 6.45) is 7.08. The minimum atomic E-state index is -0.191. The van der Waals surface area contributed by atoms with Crippen LogP contribution >= 0.6 is 0 Å². The van der Waals surface area contributed by atoms with Gasteiger partial charge in [0.25, 0.3) is 5.91 Å². The highest BCUT2D eigenvalue weighted by molar-refractivity contribution is 6.06. The Morgan fingerprint density at radius 3 is 2.77 bits per heavy atom. The van der Waals surface area contributed by atoms with Crippen LogP contribution in [0.4, 0.5) is 5.82 Å². The molecule has 1 amide bonds. The number of piperidine rings is 1. The molecule has 35 heavy (non-hydrogen) atoms. The van der Waals surface area contributed by atoms with Crippen LogP contribution in [0.5, 0.6) is 0 Å². The number of nitrogens with two attached hydrogens (primary N) is 1. The smallest absolute Gasteiger partial charge is 0.264 e. The molecule has 6 rings (SSSR count). The maximum atomic E-state index is 13.1. The fourth-order valence-electron chi connectivity index (χ4n) is 5.03. The zero-order chi connectivity index (χ0) is 23.9. The number of benzene rings is 2. The number of fused-ring (bicyclic) bond motifs is 2. The number of carbonyl (C=O) groups excluding carboxylic acids is 1. The van der Waals surface area contributed by atoms with Crippen LogP contribution in [0, 0.1) is 17.2 Å². The third-order valence-electron chi connectivity index (χ3n) is 6.97. The molecule has 174 valence electrons. The lowest BCUT2D eigenvalue weighted by molar-refractivity contribution is -0.128. The number of hydrogen-bond donors (Lipinski definition) is 1. The van der Waals surface area contributed by atoms with Crippen LogP contribution in [-0.2, 0) is 4.79 Å². The van der Waals surface area contributed by atoms with Crippen LogP contribution in [0.1, 0.15) is 31.7 Å². The van der Waals surface area contributed by atoms with E-state index in [4.69, 9.17) is 10.8 Å². The van der Waals surface area contributed by atoms with E-state index >= 15 is 0 Å². The summed E-state index contributed by atoms with van der Waals surface area (Å²) < 4.78 is 1.90. The summed E-state index contributed by atoms with van der Waals surface area (Å²) in [6.45, 7) is 1.10. The van der Waals surface area contributed by atoms with E-state index in [1.54, 1.807) is 4.90 Å². The summed E-state index contributed by atoms with van der Waals surface area (Å²) in [5, 5.41) is 17.5. The quantitative estimate of drug-likeness (QED) is 0.357. The Labute approximate surface area is 202 Å².